The molecule has 37 heavy (non-hydrogen) atoms. The molecule has 1 aromatic heterocycles. The van der Waals surface area contributed by atoms with Crippen LogP contribution in [0.2, 0.25) is 0 Å². The maximum Gasteiger partial charge on any atom is 0.338 e. The van der Waals surface area contributed by atoms with Gasteiger partial charge in [-0.05, 0) is 43.7 Å². The molecular weight excluding hydrogens is 496 g/mol. The van der Waals surface area contributed by atoms with Crippen LogP contribution in [-0.4, -0.2) is 37.3 Å². The van der Waals surface area contributed by atoms with E-state index in [1.165, 1.54) is 37.0 Å². The van der Waals surface area contributed by atoms with Crippen LogP contribution in [0.25, 0.3) is 6.08 Å². The molecule has 10 heteroatoms. The number of esters is 2. The minimum Gasteiger partial charge on any atom is -0.496 e. The molecule has 1 aliphatic heterocycles. The van der Waals surface area contributed by atoms with Gasteiger partial charge in [0.2, 0.25) is 0 Å². The van der Waals surface area contributed by atoms with Gasteiger partial charge in [-0.2, -0.15) is 0 Å². The molecule has 2 aromatic carbocycles. The lowest BCUT2D eigenvalue weighted by Gasteiger charge is -2.25. The summed E-state index contributed by atoms with van der Waals surface area (Å²) in [6.07, 6.45) is 1.70. The van der Waals surface area contributed by atoms with Crippen molar-refractivity contribution < 1.29 is 28.5 Å². The molecule has 1 aliphatic rings. The average molecular weight is 523 g/mol. The molecule has 0 radical (unpaired) electrons. The fourth-order valence-corrected chi connectivity index (χ4v) is 5.19. The fourth-order valence-electron chi connectivity index (χ4n) is 4.14. The minimum absolute atomic E-state index is 0.184. The van der Waals surface area contributed by atoms with Crippen molar-refractivity contribution in [1.82, 2.24) is 4.57 Å². The first-order chi connectivity index (χ1) is 17.8. The Kier molecular flexibility index (Phi) is 7.58. The van der Waals surface area contributed by atoms with E-state index in [2.05, 4.69) is 4.99 Å². The predicted molar refractivity (Wildman–Crippen MR) is 138 cm³/mol. The number of carbonyl (C=O) groups excluding carboxylic acids is 2. The monoisotopic (exact) mass is 522 g/mol. The number of thiazole rings is 1. The van der Waals surface area contributed by atoms with Crippen molar-refractivity contribution in [2.75, 3.05) is 20.8 Å². The van der Waals surface area contributed by atoms with E-state index in [-0.39, 0.29) is 23.5 Å². The first-order valence-corrected chi connectivity index (χ1v) is 12.3. The molecule has 0 fully saturated rings. The summed E-state index contributed by atoms with van der Waals surface area (Å²) in [6, 6.07) is 11.4. The van der Waals surface area contributed by atoms with Crippen LogP contribution in [0.3, 0.4) is 0 Å². The van der Waals surface area contributed by atoms with Gasteiger partial charge in [-0.25, -0.2) is 9.79 Å². The van der Waals surface area contributed by atoms with Crippen molar-refractivity contribution in [2.45, 2.75) is 26.8 Å². The van der Waals surface area contributed by atoms with Crippen LogP contribution in [0.1, 0.15) is 37.9 Å². The van der Waals surface area contributed by atoms with Crippen LogP contribution in [0.15, 0.2) is 63.5 Å². The highest BCUT2D eigenvalue weighted by atomic mass is 32.1. The van der Waals surface area contributed by atoms with Gasteiger partial charge in [0.1, 0.15) is 11.8 Å². The maximum absolute atomic E-state index is 13.8. The number of benzene rings is 2. The topological polar surface area (TPSA) is 105 Å². The maximum atomic E-state index is 13.8. The summed E-state index contributed by atoms with van der Waals surface area (Å²) in [5.74, 6) is 0.149. The van der Waals surface area contributed by atoms with Gasteiger partial charge in [-0.15, -0.1) is 0 Å². The number of para-hydroxylation sites is 1. The second-order valence-corrected chi connectivity index (χ2v) is 9.06. The summed E-state index contributed by atoms with van der Waals surface area (Å²) in [4.78, 5) is 43.2. The van der Waals surface area contributed by atoms with Crippen molar-refractivity contribution in [2.24, 2.45) is 4.99 Å². The first kappa shape index (κ1) is 25.9. The van der Waals surface area contributed by atoms with Crippen LogP contribution < -0.4 is 29.1 Å². The fraction of sp³-hybridized carbons (Fsp3) is 0.259. The van der Waals surface area contributed by atoms with Crippen molar-refractivity contribution >= 4 is 29.4 Å². The Morgan fingerprint density at radius 3 is 2.49 bits per heavy atom. The zero-order valence-corrected chi connectivity index (χ0v) is 21.9. The molecule has 0 aliphatic carbocycles. The van der Waals surface area contributed by atoms with Crippen molar-refractivity contribution in [3.63, 3.8) is 0 Å². The van der Waals surface area contributed by atoms with E-state index in [1.807, 2.05) is 18.2 Å². The Balaban J connectivity index is 1.92. The number of hydrogen-bond donors (Lipinski definition) is 0. The quantitative estimate of drug-likeness (QED) is 0.347. The van der Waals surface area contributed by atoms with E-state index < -0.39 is 18.0 Å². The van der Waals surface area contributed by atoms with E-state index in [0.29, 0.717) is 37.7 Å². The molecule has 1 atom stereocenters. The molecule has 2 heterocycles. The summed E-state index contributed by atoms with van der Waals surface area (Å²) >= 11 is 1.20. The van der Waals surface area contributed by atoms with Crippen LogP contribution in [0.4, 0.5) is 0 Å². The summed E-state index contributed by atoms with van der Waals surface area (Å²) in [7, 11) is 3.00. The predicted octanol–water partition coefficient (Wildman–Crippen LogP) is 2.74. The number of ether oxygens (including phenoxy) is 4. The van der Waals surface area contributed by atoms with Gasteiger partial charge < -0.3 is 18.9 Å². The zero-order chi connectivity index (χ0) is 26.7. The minimum atomic E-state index is -0.783. The number of fused-ring (bicyclic) bond motifs is 1. The molecule has 0 saturated heterocycles. The Labute approximate surface area is 216 Å². The van der Waals surface area contributed by atoms with Gasteiger partial charge in [0, 0.05) is 12.5 Å². The van der Waals surface area contributed by atoms with E-state index in [0.717, 1.165) is 0 Å². The van der Waals surface area contributed by atoms with Crippen molar-refractivity contribution in [3.05, 3.63) is 84.5 Å². The van der Waals surface area contributed by atoms with E-state index in [9.17, 15) is 14.4 Å². The number of nitrogens with zero attached hydrogens (tertiary/aromatic N) is 2. The van der Waals surface area contributed by atoms with Crippen LogP contribution in [-0.2, 0) is 14.3 Å². The van der Waals surface area contributed by atoms with Gasteiger partial charge >= 0.3 is 11.9 Å². The summed E-state index contributed by atoms with van der Waals surface area (Å²) < 4.78 is 23.3. The Morgan fingerprint density at radius 1 is 1.08 bits per heavy atom. The molecule has 0 bridgehead atoms. The number of carbonyl (C=O) groups is 2. The highest BCUT2D eigenvalue weighted by molar-refractivity contribution is 7.07. The third kappa shape index (κ3) is 5.05. The van der Waals surface area contributed by atoms with Crippen molar-refractivity contribution in [3.8, 4) is 17.2 Å². The van der Waals surface area contributed by atoms with Gasteiger partial charge in [0.25, 0.3) is 5.56 Å². The molecule has 0 amide bonds. The van der Waals surface area contributed by atoms with Gasteiger partial charge in [-0.1, -0.05) is 35.6 Å². The third-order valence-corrected chi connectivity index (χ3v) is 6.67. The van der Waals surface area contributed by atoms with E-state index >= 15 is 0 Å². The summed E-state index contributed by atoms with van der Waals surface area (Å²) in [6.45, 7) is 4.94. The lowest BCUT2D eigenvalue weighted by Crippen LogP contribution is -2.40. The van der Waals surface area contributed by atoms with Gasteiger partial charge in [0.15, 0.2) is 16.3 Å². The number of aromatic nitrogens is 1. The smallest absolute Gasteiger partial charge is 0.338 e. The Morgan fingerprint density at radius 2 is 1.81 bits per heavy atom. The van der Waals surface area contributed by atoms with E-state index in [1.54, 1.807) is 44.2 Å². The number of hydrogen-bond acceptors (Lipinski definition) is 9. The lowest BCUT2D eigenvalue weighted by molar-refractivity contribution is -0.139. The molecule has 0 spiro atoms. The summed E-state index contributed by atoms with van der Waals surface area (Å²) in [5.41, 5.74) is 1.72. The molecule has 0 N–H and O–H groups in total. The Hall–Kier alpha value is -4.18. The third-order valence-electron chi connectivity index (χ3n) is 5.69. The zero-order valence-electron chi connectivity index (χ0n) is 21.1. The van der Waals surface area contributed by atoms with Gasteiger partial charge in [0.05, 0.1) is 36.6 Å². The molecule has 1 unspecified atom stereocenters. The highest BCUT2D eigenvalue weighted by Gasteiger charge is 2.34. The van der Waals surface area contributed by atoms with E-state index in [4.69, 9.17) is 18.9 Å². The number of allylic oxidation sites excluding steroid dienone is 1. The van der Waals surface area contributed by atoms with Crippen LogP contribution in [0.5, 0.6) is 17.2 Å². The molecule has 9 nitrogen and oxygen atoms in total. The lowest BCUT2D eigenvalue weighted by atomic mass is 9.95. The molecule has 192 valence electrons. The average Bonchev–Trinajstić information content (AvgIpc) is 3.17. The molecule has 3 aromatic rings. The second kappa shape index (κ2) is 10.8. The number of rotatable bonds is 7. The van der Waals surface area contributed by atoms with Crippen LogP contribution >= 0.6 is 11.3 Å². The highest BCUT2D eigenvalue weighted by Crippen LogP contribution is 2.35. The normalized spacial score (nSPS) is 15.1. The molecule has 4 rings (SSSR count). The largest absolute Gasteiger partial charge is 0.496 e. The van der Waals surface area contributed by atoms with Gasteiger partial charge in [-0.3, -0.25) is 14.2 Å². The Bertz CT molecular complexity index is 1580. The number of methoxy groups -OCH3 is 2. The van der Waals surface area contributed by atoms with Crippen LogP contribution in [0, 0.1) is 0 Å². The standard InChI is InChI=1S/C27H26N2O7S/c1-6-35-26(32)23-15(2)28-27-29(24(23)18-9-7-8-10-19(18)33-4)25(31)22(37-27)14-17-11-12-20(36-16(3)30)21(13-17)34-5/h7-14,24H,6H2,1-5H3/b22-14-. The first-order valence-electron chi connectivity index (χ1n) is 11.5. The summed E-state index contributed by atoms with van der Waals surface area (Å²) in [5, 5.41) is 0. The molecule has 0 saturated carbocycles. The second-order valence-electron chi connectivity index (χ2n) is 8.05. The van der Waals surface area contributed by atoms with Crippen molar-refractivity contribution in [1.29, 1.82) is 0 Å². The molecular formula is C27H26N2O7S. The SMILES string of the molecule is CCOC(=O)C1=C(C)N=c2s/c(=C\c3ccc(OC(C)=O)c(OC)c3)c(=O)n2C1c1ccccc1OC.